The maximum atomic E-state index is 13.1. The third-order valence-electron chi connectivity index (χ3n) is 3.42. The Bertz CT molecular complexity index is 815. The van der Waals surface area contributed by atoms with Gasteiger partial charge in [-0.25, -0.2) is 4.98 Å². The fourth-order valence-corrected chi connectivity index (χ4v) is 2.78. The van der Waals surface area contributed by atoms with Crippen LogP contribution in [0.1, 0.15) is 5.56 Å². The summed E-state index contributed by atoms with van der Waals surface area (Å²) in [7, 11) is 1.54. The Morgan fingerprint density at radius 1 is 1.08 bits per heavy atom. The molecule has 0 bridgehead atoms. The van der Waals surface area contributed by atoms with E-state index in [1.165, 1.54) is 24.5 Å². The SMILES string of the molecule is COc1ccc(-c2cc(C(F)(F)F)ccc2Nc2nccs2)cc1. The second-order valence-electron chi connectivity index (χ2n) is 4.95. The van der Waals surface area contributed by atoms with Crippen molar-refractivity contribution in [3.8, 4) is 16.9 Å². The topological polar surface area (TPSA) is 34.1 Å². The van der Waals surface area contributed by atoms with Crippen LogP contribution < -0.4 is 10.1 Å². The fraction of sp³-hybridized carbons (Fsp3) is 0.118. The number of hydrogen-bond acceptors (Lipinski definition) is 4. The lowest BCUT2D eigenvalue weighted by molar-refractivity contribution is -0.137. The molecule has 0 aliphatic rings. The van der Waals surface area contributed by atoms with E-state index in [0.29, 0.717) is 27.7 Å². The highest BCUT2D eigenvalue weighted by atomic mass is 32.1. The van der Waals surface area contributed by atoms with Crippen molar-refractivity contribution >= 4 is 22.2 Å². The molecule has 3 rings (SSSR count). The molecule has 0 unspecified atom stereocenters. The molecule has 0 fully saturated rings. The molecule has 0 spiro atoms. The first-order valence-corrected chi connectivity index (χ1v) is 7.87. The number of ether oxygens (including phenoxy) is 1. The van der Waals surface area contributed by atoms with E-state index in [-0.39, 0.29) is 0 Å². The molecule has 0 saturated heterocycles. The van der Waals surface area contributed by atoms with Gasteiger partial charge in [0, 0.05) is 22.8 Å². The second-order valence-corrected chi connectivity index (χ2v) is 5.84. The number of alkyl halides is 3. The lowest BCUT2D eigenvalue weighted by Gasteiger charge is -2.14. The van der Waals surface area contributed by atoms with Gasteiger partial charge in [0.15, 0.2) is 5.13 Å². The van der Waals surface area contributed by atoms with Crippen molar-refractivity contribution in [3.05, 3.63) is 59.6 Å². The van der Waals surface area contributed by atoms with Crippen LogP contribution in [0.3, 0.4) is 0 Å². The second kappa shape index (κ2) is 6.52. The first-order valence-electron chi connectivity index (χ1n) is 6.99. The molecule has 7 heteroatoms. The molecule has 3 nitrogen and oxygen atoms in total. The Kier molecular flexibility index (Phi) is 4.44. The van der Waals surface area contributed by atoms with Crippen molar-refractivity contribution < 1.29 is 17.9 Å². The number of nitrogens with zero attached hydrogens (tertiary/aromatic N) is 1. The normalized spacial score (nSPS) is 11.3. The predicted molar refractivity (Wildman–Crippen MR) is 88.8 cm³/mol. The van der Waals surface area contributed by atoms with Gasteiger partial charge in [-0.3, -0.25) is 0 Å². The van der Waals surface area contributed by atoms with Gasteiger partial charge < -0.3 is 10.1 Å². The van der Waals surface area contributed by atoms with Crippen molar-refractivity contribution in [1.82, 2.24) is 4.98 Å². The van der Waals surface area contributed by atoms with Crippen molar-refractivity contribution in [3.63, 3.8) is 0 Å². The zero-order chi connectivity index (χ0) is 17.2. The average Bonchev–Trinajstić information content (AvgIpc) is 3.07. The zero-order valence-electron chi connectivity index (χ0n) is 12.6. The molecule has 0 aliphatic heterocycles. The van der Waals surface area contributed by atoms with Gasteiger partial charge in [0.25, 0.3) is 0 Å². The number of benzene rings is 2. The van der Waals surface area contributed by atoms with E-state index < -0.39 is 11.7 Å². The van der Waals surface area contributed by atoms with Gasteiger partial charge in [0.1, 0.15) is 5.75 Å². The molecule has 3 aromatic rings. The molecule has 0 amide bonds. The highest BCUT2D eigenvalue weighted by Gasteiger charge is 2.31. The smallest absolute Gasteiger partial charge is 0.416 e. The molecular weight excluding hydrogens is 337 g/mol. The number of nitrogens with one attached hydrogen (secondary N) is 1. The molecule has 1 heterocycles. The monoisotopic (exact) mass is 350 g/mol. The first kappa shape index (κ1) is 16.3. The summed E-state index contributed by atoms with van der Waals surface area (Å²) in [6, 6.07) is 10.5. The minimum absolute atomic E-state index is 0.447. The highest BCUT2D eigenvalue weighted by Crippen LogP contribution is 2.37. The Morgan fingerprint density at radius 3 is 2.42 bits per heavy atom. The fourth-order valence-electron chi connectivity index (χ4n) is 2.24. The number of thiazole rings is 1. The van der Waals surface area contributed by atoms with Crippen LogP contribution in [-0.4, -0.2) is 12.1 Å². The van der Waals surface area contributed by atoms with E-state index in [1.807, 2.05) is 0 Å². The summed E-state index contributed by atoms with van der Waals surface area (Å²) in [5.74, 6) is 0.639. The van der Waals surface area contributed by atoms with Gasteiger partial charge in [-0.15, -0.1) is 11.3 Å². The Balaban J connectivity index is 2.07. The molecule has 24 heavy (non-hydrogen) atoms. The molecule has 0 aliphatic carbocycles. The maximum Gasteiger partial charge on any atom is 0.416 e. The third-order valence-corrected chi connectivity index (χ3v) is 4.11. The van der Waals surface area contributed by atoms with E-state index in [1.54, 1.807) is 35.8 Å². The van der Waals surface area contributed by atoms with Crippen LogP contribution in [0.15, 0.2) is 54.0 Å². The van der Waals surface area contributed by atoms with Gasteiger partial charge in [-0.2, -0.15) is 13.2 Å². The van der Waals surface area contributed by atoms with Crippen molar-refractivity contribution in [2.75, 3.05) is 12.4 Å². The first-order chi connectivity index (χ1) is 11.5. The molecular formula is C17H13F3N2OS. The summed E-state index contributed by atoms with van der Waals surface area (Å²) in [5, 5.41) is 5.47. The molecule has 1 aromatic heterocycles. The maximum absolute atomic E-state index is 13.1. The quantitative estimate of drug-likeness (QED) is 0.667. The highest BCUT2D eigenvalue weighted by molar-refractivity contribution is 7.13. The average molecular weight is 350 g/mol. The van der Waals surface area contributed by atoms with Gasteiger partial charge in [0.05, 0.1) is 12.7 Å². The lowest BCUT2D eigenvalue weighted by Crippen LogP contribution is -2.05. The minimum atomic E-state index is -4.40. The summed E-state index contributed by atoms with van der Waals surface area (Å²) < 4.78 is 44.3. The predicted octanol–water partition coefficient (Wildman–Crippen LogP) is 5.58. The number of hydrogen-bond donors (Lipinski definition) is 1. The number of halogens is 3. The summed E-state index contributed by atoms with van der Waals surface area (Å²) in [4.78, 5) is 4.11. The number of anilines is 2. The molecule has 0 atom stereocenters. The number of methoxy groups -OCH3 is 1. The van der Waals surface area contributed by atoms with E-state index in [4.69, 9.17) is 4.74 Å². The number of aromatic nitrogens is 1. The molecule has 1 N–H and O–H groups in total. The van der Waals surface area contributed by atoms with Crippen LogP contribution in [0.5, 0.6) is 5.75 Å². The van der Waals surface area contributed by atoms with Crippen LogP contribution in [0.25, 0.3) is 11.1 Å². The summed E-state index contributed by atoms with van der Waals surface area (Å²) >= 11 is 1.37. The Hall–Kier alpha value is -2.54. The minimum Gasteiger partial charge on any atom is -0.497 e. The standard InChI is InChI=1S/C17H13F3N2OS/c1-23-13-5-2-11(3-6-13)14-10-12(17(18,19)20)4-7-15(14)22-16-21-8-9-24-16/h2-10H,1H3,(H,21,22). The van der Waals surface area contributed by atoms with Gasteiger partial charge in [-0.05, 0) is 35.9 Å². The van der Waals surface area contributed by atoms with Crippen molar-refractivity contribution in [2.24, 2.45) is 0 Å². The summed E-state index contributed by atoms with van der Waals surface area (Å²) in [6.45, 7) is 0. The van der Waals surface area contributed by atoms with Gasteiger partial charge >= 0.3 is 6.18 Å². The van der Waals surface area contributed by atoms with E-state index in [9.17, 15) is 13.2 Å². The summed E-state index contributed by atoms with van der Waals surface area (Å²) in [6.07, 6.45) is -2.77. The largest absolute Gasteiger partial charge is 0.497 e. The molecule has 0 radical (unpaired) electrons. The lowest BCUT2D eigenvalue weighted by atomic mass is 10.0. The van der Waals surface area contributed by atoms with Crippen molar-refractivity contribution in [2.45, 2.75) is 6.18 Å². The van der Waals surface area contributed by atoms with Gasteiger partial charge in [0.2, 0.25) is 0 Å². The van der Waals surface area contributed by atoms with Crippen molar-refractivity contribution in [1.29, 1.82) is 0 Å². The van der Waals surface area contributed by atoms with Crippen LogP contribution in [-0.2, 0) is 6.18 Å². The summed E-state index contributed by atoms with van der Waals surface area (Å²) in [5.41, 5.74) is 0.963. The Morgan fingerprint density at radius 2 is 1.83 bits per heavy atom. The molecule has 124 valence electrons. The van der Waals surface area contributed by atoms with Crippen LogP contribution in [0, 0.1) is 0 Å². The van der Waals surface area contributed by atoms with E-state index >= 15 is 0 Å². The van der Waals surface area contributed by atoms with E-state index in [2.05, 4.69) is 10.3 Å². The number of rotatable bonds is 4. The van der Waals surface area contributed by atoms with E-state index in [0.717, 1.165) is 12.1 Å². The Labute approximate surface area is 140 Å². The van der Waals surface area contributed by atoms with Gasteiger partial charge in [-0.1, -0.05) is 12.1 Å². The van der Waals surface area contributed by atoms with Crippen LogP contribution in [0.4, 0.5) is 24.0 Å². The van der Waals surface area contributed by atoms with Crippen LogP contribution >= 0.6 is 11.3 Å². The molecule has 2 aromatic carbocycles. The van der Waals surface area contributed by atoms with Crippen LogP contribution in [0.2, 0.25) is 0 Å². The third kappa shape index (κ3) is 3.51. The zero-order valence-corrected chi connectivity index (χ0v) is 13.4. The molecule has 0 saturated carbocycles.